The van der Waals surface area contributed by atoms with Gasteiger partial charge in [0.1, 0.15) is 22.8 Å². The summed E-state index contributed by atoms with van der Waals surface area (Å²) in [7, 11) is 1.61. The lowest BCUT2D eigenvalue weighted by Gasteiger charge is -2.44. The largest absolute Gasteiger partial charge is 0.497 e. The second kappa shape index (κ2) is 8.21. The van der Waals surface area contributed by atoms with E-state index in [1.807, 2.05) is 35.8 Å². The number of carbonyl (C=O) groups is 2. The van der Waals surface area contributed by atoms with Gasteiger partial charge < -0.3 is 19.5 Å². The minimum absolute atomic E-state index is 0.139. The highest BCUT2D eigenvalue weighted by Crippen LogP contribution is 2.35. The van der Waals surface area contributed by atoms with Crippen molar-refractivity contribution >= 4 is 22.7 Å². The monoisotopic (exact) mass is 449 g/mol. The van der Waals surface area contributed by atoms with Gasteiger partial charge in [-0.05, 0) is 55.7 Å². The Hall–Kier alpha value is -3.35. The SMILES string of the molecule is COc1ccc2cc3n(c2c1)CC(C)(C(=O)NC1CCCC1)N(Cc1ccc(F)cc1)C3=O. The third-order valence-electron chi connectivity index (χ3n) is 7.07. The first kappa shape index (κ1) is 21.5. The molecule has 1 N–H and O–H groups in total. The van der Waals surface area contributed by atoms with Crippen molar-refractivity contribution in [2.24, 2.45) is 0 Å². The van der Waals surface area contributed by atoms with Crippen molar-refractivity contribution in [3.63, 3.8) is 0 Å². The fourth-order valence-corrected chi connectivity index (χ4v) is 5.09. The summed E-state index contributed by atoms with van der Waals surface area (Å²) < 4.78 is 20.8. The standard InChI is InChI=1S/C26H28FN3O3/c1-26(25(32)28-20-5-3-4-6-20)16-29-22-14-21(33-2)12-9-18(22)13-23(29)24(31)30(26)15-17-7-10-19(27)11-8-17/h7-14,20H,3-6,15-16H2,1-2H3,(H,28,32). The molecule has 2 aromatic carbocycles. The number of carbonyl (C=O) groups excluding carboxylic acids is 2. The van der Waals surface area contributed by atoms with Gasteiger partial charge in [-0.3, -0.25) is 9.59 Å². The molecular formula is C26H28FN3O3. The van der Waals surface area contributed by atoms with E-state index in [1.54, 1.807) is 24.1 Å². The van der Waals surface area contributed by atoms with E-state index in [9.17, 15) is 14.0 Å². The van der Waals surface area contributed by atoms with Crippen LogP contribution < -0.4 is 10.1 Å². The number of hydrogen-bond acceptors (Lipinski definition) is 3. The number of fused-ring (bicyclic) bond motifs is 3. The van der Waals surface area contributed by atoms with Crippen LogP contribution in [0.5, 0.6) is 5.75 Å². The molecule has 1 aromatic heterocycles. The van der Waals surface area contributed by atoms with Crippen molar-refractivity contribution in [1.29, 1.82) is 0 Å². The highest BCUT2D eigenvalue weighted by molar-refractivity contribution is 6.03. The number of nitrogens with zero attached hydrogens (tertiary/aromatic N) is 2. The average molecular weight is 450 g/mol. The summed E-state index contributed by atoms with van der Waals surface area (Å²) in [6.07, 6.45) is 4.13. The van der Waals surface area contributed by atoms with E-state index in [0.717, 1.165) is 42.1 Å². The summed E-state index contributed by atoms with van der Waals surface area (Å²) >= 11 is 0. The van der Waals surface area contributed by atoms with E-state index >= 15 is 0 Å². The quantitative estimate of drug-likeness (QED) is 0.633. The fourth-order valence-electron chi connectivity index (χ4n) is 5.09. The molecule has 1 saturated carbocycles. The van der Waals surface area contributed by atoms with Crippen LogP contribution in [-0.2, 0) is 17.9 Å². The third-order valence-corrected chi connectivity index (χ3v) is 7.07. The lowest BCUT2D eigenvalue weighted by Crippen LogP contribution is -2.64. The van der Waals surface area contributed by atoms with Gasteiger partial charge in [-0.25, -0.2) is 4.39 Å². The van der Waals surface area contributed by atoms with Gasteiger partial charge in [0.2, 0.25) is 5.91 Å². The highest BCUT2D eigenvalue weighted by Gasteiger charge is 2.48. The number of ether oxygens (including phenoxy) is 1. The maximum absolute atomic E-state index is 13.8. The molecule has 5 rings (SSSR count). The lowest BCUT2D eigenvalue weighted by atomic mass is 9.93. The van der Waals surface area contributed by atoms with E-state index < -0.39 is 5.54 Å². The van der Waals surface area contributed by atoms with E-state index in [4.69, 9.17) is 4.74 Å². The molecule has 1 unspecified atom stereocenters. The molecule has 33 heavy (non-hydrogen) atoms. The number of methoxy groups -OCH3 is 1. The summed E-state index contributed by atoms with van der Waals surface area (Å²) in [5, 5.41) is 4.12. The Kier molecular flexibility index (Phi) is 5.35. The maximum atomic E-state index is 13.8. The molecule has 172 valence electrons. The Morgan fingerprint density at radius 2 is 1.88 bits per heavy atom. The third kappa shape index (κ3) is 3.75. The Balaban J connectivity index is 1.58. The van der Waals surface area contributed by atoms with Gasteiger partial charge in [-0.15, -0.1) is 0 Å². The Labute approximate surface area is 192 Å². The van der Waals surface area contributed by atoms with Crippen molar-refractivity contribution in [3.05, 3.63) is 65.6 Å². The summed E-state index contributed by atoms with van der Waals surface area (Å²) in [5.74, 6) is -0.00805. The number of hydrogen-bond donors (Lipinski definition) is 1. The number of nitrogens with one attached hydrogen (secondary N) is 1. The van der Waals surface area contributed by atoms with Crippen LogP contribution in [0.3, 0.4) is 0 Å². The second-order valence-corrected chi connectivity index (χ2v) is 9.29. The zero-order valence-electron chi connectivity index (χ0n) is 18.9. The fraction of sp³-hybridized carbons (Fsp3) is 0.385. The van der Waals surface area contributed by atoms with Crippen molar-refractivity contribution < 1.29 is 18.7 Å². The van der Waals surface area contributed by atoms with Crippen LogP contribution in [0.15, 0.2) is 48.5 Å². The Morgan fingerprint density at radius 3 is 2.58 bits per heavy atom. The normalized spacial score (nSPS) is 20.8. The van der Waals surface area contributed by atoms with Crippen LogP contribution in [0, 0.1) is 5.82 Å². The molecule has 2 amide bonds. The molecule has 1 fully saturated rings. The lowest BCUT2D eigenvalue weighted by molar-refractivity contribution is -0.133. The summed E-state index contributed by atoms with van der Waals surface area (Å²) in [4.78, 5) is 29.1. The first-order chi connectivity index (χ1) is 15.9. The van der Waals surface area contributed by atoms with Crippen LogP contribution in [0.2, 0.25) is 0 Å². The topological polar surface area (TPSA) is 63.6 Å². The van der Waals surface area contributed by atoms with Gasteiger partial charge in [0.15, 0.2) is 0 Å². The van der Waals surface area contributed by atoms with Gasteiger partial charge in [0, 0.05) is 24.0 Å². The van der Waals surface area contributed by atoms with E-state index in [0.29, 0.717) is 18.0 Å². The van der Waals surface area contributed by atoms with Gasteiger partial charge in [-0.2, -0.15) is 0 Å². The van der Waals surface area contributed by atoms with E-state index in [2.05, 4.69) is 5.32 Å². The highest BCUT2D eigenvalue weighted by atomic mass is 19.1. The smallest absolute Gasteiger partial charge is 0.271 e. The van der Waals surface area contributed by atoms with Crippen molar-refractivity contribution in [2.75, 3.05) is 7.11 Å². The molecular weight excluding hydrogens is 421 g/mol. The van der Waals surface area contributed by atoms with Gasteiger partial charge in [0.25, 0.3) is 5.91 Å². The molecule has 2 aliphatic rings. The van der Waals surface area contributed by atoms with Crippen LogP contribution in [0.4, 0.5) is 4.39 Å². The van der Waals surface area contributed by atoms with E-state index in [1.165, 1.54) is 12.1 Å². The van der Waals surface area contributed by atoms with Crippen LogP contribution in [0.1, 0.15) is 48.7 Å². The molecule has 0 spiro atoms. The van der Waals surface area contributed by atoms with Gasteiger partial charge in [0.05, 0.1) is 19.2 Å². The van der Waals surface area contributed by atoms with Gasteiger partial charge in [-0.1, -0.05) is 25.0 Å². The predicted molar refractivity (Wildman–Crippen MR) is 124 cm³/mol. The van der Waals surface area contributed by atoms with Crippen molar-refractivity contribution in [3.8, 4) is 5.75 Å². The molecule has 6 nitrogen and oxygen atoms in total. The Morgan fingerprint density at radius 1 is 1.15 bits per heavy atom. The van der Waals surface area contributed by atoms with Crippen LogP contribution in [0.25, 0.3) is 10.9 Å². The number of halogens is 1. The first-order valence-corrected chi connectivity index (χ1v) is 11.4. The van der Waals surface area contributed by atoms with Crippen LogP contribution in [-0.4, -0.2) is 40.0 Å². The zero-order valence-corrected chi connectivity index (χ0v) is 18.9. The number of rotatable bonds is 5. The van der Waals surface area contributed by atoms with Gasteiger partial charge >= 0.3 is 0 Å². The molecule has 3 aromatic rings. The maximum Gasteiger partial charge on any atom is 0.271 e. The molecule has 7 heteroatoms. The number of aromatic nitrogens is 1. The molecule has 1 aliphatic heterocycles. The molecule has 1 aliphatic carbocycles. The summed E-state index contributed by atoms with van der Waals surface area (Å²) in [6.45, 7) is 2.37. The predicted octanol–water partition coefficient (Wildman–Crippen LogP) is 4.26. The molecule has 1 atom stereocenters. The van der Waals surface area contributed by atoms with Crippen molar-refractivity contribution in [1.82, 2.24) is 14.8 Å². The first-order valence-electron chi connectivity index (χ1n) is 11.4. The zero-order chi connectivity index (χ0) is 23.2. The minimum atomic E-state index is -1.10. The second-order valence-electron chi connectivity index (χ2n) is 9.29. The molecule has 2 heterocycles. The minimum Gasteiger partial charge on any atom is -0.497 e. The summed E-state index contributed by atoms with van der Waals surface area (Å²) in [5.41, 5.74) is 1.07. The molecule has 0 bridgehead atoms. The summed E-state index contributed by atoms with van der Waals surface area (Å²) in [6, 6.07) is 13.8. The number of amides is 2. The average Bonchev–Trinajstić information content (AvgIpc) is 3.45. The number of benzene rings is 2. The Bertz CT molecular complexity index is 1210. The molecule has 0 radical (unpaired) electrons. The molecule has 0 saturated heterocycles. The van der Waals surface area contributed by atoms with Crippen molar-refractivity contribution in [2.45, 2.75) is 57.3 Å². The van der Waals surface area contributed by atoms with E-state index in [-0.39, 0.29) is 30.2 Å². The van der Waals surface area contributed by atoms with Crippen LogP contribution >= 0.6 is 0 Å².